The third kappa shape index (κ3) is 4.79. The van der Waals surface area contributed by atoms with Crippen molar-refractivity contribution in [1.82, 2.24) is 19.3 Å². The van der Waals surface area contributed by atoms with E-state index >= 15 is 0 Å². The molecule has 0 amide bonds. The van der Waals surface area contributed by atoms with Gasteiger partial charge in [0.25, 0.3) is 5.56 Å². The standard InChI is InChI=1S/C27H26F2N4O2/c1-16-7-18(3-6-25(16)32-13-17(2)30-15-32)8-21-11-24(19-4-5-19)31-33(27(21)35)26(14-34)20-9-22(28)12-23(29)10-20/h3,6-7,9-13,15,19,26,34H,4-5,8,14H2,1-2H3/t26-/m0/s1. The van der Waals surface area contributed by atoms with Crippen molar-refractivity contribution in [3.05, 3.63) is 111 Å². The molecule has 0 spiro atoms. The first-order valence-electron chi connectivity index (χ1n) is 11.6. The lowest BCUT2D eigenvalue weighted by Gasteiger charge is -2.19. The molecule has 0 bridgehead atoms. The molecule has 4 aromatic rings. The second-order valence-electron chi connectivity index (χ2n) is 9.24. The van der Waals surface area contributed by atoms with Gasteiger partial charge in [-0.25, -0.2) is 18.4 Å². The number of hydrogen-bond donors (Lipinski definition) is 1. The number of rotatable bonds is 7. The van der Waals surface area contributed by atoms with Crippen molar-refractivity contribution in [3.63, 3.8) is 0 Å². The molecule has 2 aromatic carbocycles. The van der Waals surface area contributed by atoms with E-state index in [1.165, 1.54) is 4.68 Å². The molecule has 0 aliphatic heterocycles. The summed E-state index contributed by atoms with van der Waals surface area (Å²) in [6.07, 6.45) is 6.05. The van der Waals surface area contributed by atoms with Crippen LogP contribution in [0, 0.1) is 25.5 Å². The summed E-state index contributed by atoms with van der Waals surface area (Å²) in [5.41, 5.74) is 5.00. The predicted octanol–water partition coefficient (Wildman–Crippen LogP) is 4.37. The fourth-order valence-corrected chi connectivity index (χ4v) is 4.48. The van der Waals surface area contributed by atoms with Gasteiger partial charge in [0.2, 0.25) is 0 Å². The summed E-state index contributed by atoms with van der Waals surface area (Å²) >= 11 is 0. The van der Waals surface area contributed by atoms with Crippen LogP contribution in [0.4, 0.5) is 8.78 Å². The fraction of sp³-hybridized carbons (Fsp3) is 0.296. The molecule has 35 heavy (non-hydrogen) atoms. The van der Waals surface area contributed by atoms with E-state index in [-0.39, 0.29) is 17.0 Å². The third-order valence-electron chi connectivity index (χ3n) is 6.41. The Balaban J connectivity index is 1.53. The van der Waals surface area contributed by atoms with Gasteiger partial charge in [0.05, 0.1) is 24.3 Å². The summed E-state index contributed by atoms with van der Waals surface area (Å²) in [4.78, 5) is 17.8. The summed E-state index contributed by atoms with van der Waals surface area (Å²) in [5, 5.41) is 14.6. The molecular formula is C27H26F2N4O2. The Morgan fingerprint density at radius 3 is 2.43 bits per heavy atom. The van der Waals surface area contributed by atoms with Crippen LogP contribution in [-0.2, 0) is 6.42 Å². The number of aryl methyl sites for hydroxylation is 2. The van der Waals surface area contributed by atoms with Gasteiger partial charge in [-0.15, -0.1) is 0 Å². The van der Waals surface area contributed by atoms with Crippen LogP contribution in [0.15, 0.2) is 59.8 Å². The second-order valence-corrected chi connectivity index (χ2v) is 9.24. The number of hydrogen-bond acceptors (Lipinski definition) is 4. The van der Waals surface area contributed by atoms with Crippen LogP contribution < -0.4 is 5.56 Å². The molecule has 180 valence electrons. The Bertz CT molecular complexity index is 1440. The van der Waals surface area contributed by atoms with Crippen LogP contribution in [0.3, 0.4) is 0 Å². The molecule has 5 rings (SSSR count). The van der Waals surface area contributed by atoms with E-state index in [2.05, 4.69) is 10.1 Å². The molecule has 0 radical (unpaired) electrons. The molecule has 1 aliphatic carbocycles. The van der Waals surface area contributed by atoms with Crippen molar-refractivity contribution in [1.29, 1.82) is 0 Å². The number of nitrogens with zero attached hydrogens (tertiary/aromatic N) is 4. The van der Waals surface area contributed by atoms with Crippen molar-refractivity contribution < 1.29 is 13.9 Å². The van der Waals surface area contributed by atoms with Crippen molar-refractivity contribution in [2.75, 3.05) is 6.61 Å². The quantitative estimate of drug-likeness (QED) is 0.430. The molecule has 2 aromatic heterocycles. The highest BCUT2D eigenvalue weighted by Gasteiger charge is 2.28. The van der Waals surface area contributed by atoms with E-state index in [4.69, 9.17) is 0 Å². The number of imidazole rings is 1. The van der Waals surface area contributed by atoms with Gasteiger partial charge in [-0.3, -0.25) is 4.79 Å². The minimum absolute atomic E-state index is 0.161. The van der Waals surface area contributed by atoms with Crippen LogP contribution in [0.5, 0.6) is 0 Å². The van der Waals surface area contributed by atoms with Crippen molar-refractivity contribution in [2.45, 2.75) is 45.1 Å². The Morgan fingerprint density at radius 2 is 1.83 bits per heavy atom. The van der Waals surface area contributed by atoms with Gasteiger partial charge in [-0.05, 0) is 67.6 Å². The van der Waals surface area contributed by atoms with E-state index < -0.39 is 24.3 Å². The lowest BCUT2D eigenvalue weighted by molar-refractivity contribution is 0.235. The monoisotopic (exact) mass is 476 g/mol. The highest BCUT2D eigenvalue weighted by atomic mass is 19.1. The Morgan fingerprint density at radius 1 is 1.09 bits per heavy atom. The summed E-state index contributed by atoms with van der Waals surface area (Å²) in [7, 11) is 0. The van der Waals surface area contributed by atoms with Crippen LogP contribution in [0.25, 0.3) is 5.69 Å². The maximum Gasteiger partial charge on any atom is 0.270 e. The topological polar surface area (TPSA) is 72.9 Å². The zero-order valence-corrected chi connectivity index (χ0v) is 19.6. The smallest absolute Gasteiger partial charge is 0.270 e. The predicted molar refractivity (Wildman–Crippen MR) is 128 cm³/mol. The first-order chi connectivity index (χ1) is 16.8. The molecule has 1 aliphatic rings. The van der Waals surface area contributed by atoms with E-state index in [1.54, 1.807) is 6.33 Å². The van der Waals surface area contributed by atoms with Crippen molar-refractivity contribution in [3.8, 4) is 5.69 Å². The molecule has 1 N–H and O–H groups in total. The molecule has 6 nitrogen and oxygen atoms in total. The molecule has 2 heterocycles. The highest BCUT2D eigenvalue weighted by Crippen LogP contribution is 2.39. The fourth-order valence-electron chi connectivity index (χ4n) is 4.48. The number of benzene rings is 2. The largest absolute Gasteiger partial charge is 0.394 e. The van der Waals surface area contributed by atoms with Crippen LogP contribution in [0.1, 0.15) is 58.4 Å². The summed E-state index contributed by atoms with van der Waals surface area (Å²) in [5.74, 6) is -1.29. The van der Waals surface area contributed by atoms with E-state index in [0.717, 1.165) is 59.2 Å². The summed E-state index contributed by atoms with van der Waals surface area (Å²) in [6, 6.07) is 9.87. The number of aliphatic hydroxyl groups excluding tert-OH is 1. The van der Waals surface area contributed by atoms with E-state index in [0.29, 0.717) is 12.0 Å². The van der Waals surface area contributed by atoms with Gasteiger partial charge in [0.1, 0.15) is 17.7 Å². The lowest BCUT2D eigenvalue weighted by Crippen LogP contribution is -2.33. The maximum absolute atomic E-state index is 13.9. The van der Waals surface area contributed by atoms with Crippen LogP contribution in [0.2, 0.25) is 0 Å². The van der Waals surface area contributed by atoms with Gasteiger partial charge in [0.15, 0.2) is 0 Å². The van der Waals surface area contributed by atoms with Gasteiger partial charge < -0.3 is 9.67 Å². The Labute approximate surface area is 201 Å². The first-order valence-corrected chi connectivity index (χ1v) is 11.6. The van der Waals surface area contributed by atoms with E-state index in [1.807, 2.05) is 48.9 Å². The molecule has 1 atom stereocenters. The molecule has 1 fully saturated rings. The maximum atomic E-state index is 13.9. The van der Waals surface area contributed by atoms with Crippen molar-refractivity contribution in [2.24, 2.45) is 0 Å². The van der Waals surface area contributed by atoms with Gasteiger partial charge >= 0.3 is 0 Å². The minimum Gasteiger partial charge on any atom is -0.394 e. The zero-order valence-electron chi connectivity index (χ0n) is 19.6. The average molecular weight is 477 g/mol. The highest BCUT2D eigenvalue weighted by molar-refractivity contribution is 5.44. The zero-order chi connectivity index (χ0) is 24.7. The lowest BCUT2D eigenvalue weighted by atomic mass is 10.0. The van der Waals surface area contributed by atoms with Gasteiger partial charge in [0, 0.05) is 35.9 Å². The Kier molecular flexibility index (Phi) is 6.06. The van der Waals surface area contributed by atoms with Crippen molar-refractivity contribution >= 4 is 0 Å². The SMILES string of the molecule is Cc1cn(-c2ccc(Cc3cc(C4CC4)nn([C@@H](CO)c4cc(F)cc(F)c4)c3=O)cc2C)cn1. The molecule has 8 heteroatoms. The molecule has 1 saturated carbocycles. The minimum atomic E-state index is -0.987. The van der Waals surface area contributed by atoms with Gasteiger partial charge in [-0.2, -0.15) is 5.10 Å². The number of halogens is 2. The van der Waals surface area contributed by atoms with Gasteiger partial charge in [-0.1, -0.05) is 12.1 Å². The summed E-state index contributed by atoms with van der Waals surface area (Å²) < 4.78 is 30.9. The molecular weight excluding hydrogens is 450 g/mol. The average Bonchev–Trinajstić information content (AvgIpc) is 3.57. The Hall–Kier alpha value is -3.65. The van der Waals surface area contributed by atoms with Crippen LogP contribution >= 0.6 is 0 Å². The van der Waals surface area contributed by atoms with E-state index in [9.17, 15) is 18.7 Å². The van der Waals surface area contributed by atoms with Crippen LogP contribution in [-0.4, -0.2) is 31.0 Å². The molecule has 0 saturated heterocycles. The number of aliphatic hydroxyl groups is 1. The second kappa shape index (κ2) is 9.19. The normalized spacial score (nSPS) is 14.3. The first kappa shape index (κ1) is 23.1. The third-order valence-corrected chi connectivity index (χ3v) is 6.41. The summed E-state index contributed by atoms with van der Waals surface area (Å²) in [6.45, 7) is 3.43. The molecule has 0 unspecified atom stereocenters. The number of aromatic nitrogens is 4.